The SMILES string of the molecule is C=C=COc1ccc2ccccc2c1-c1c(OC=C=C)ccc2ccccc12. The van der Waals surface area contributed by atoms with Crippen molar-refractivity contribution in [1.29, 1.82) is 0 Å². The molecule has 0 radical (unpaired) electrons. The molecule has 4 rings (SSSR count). The van der Waals surface area contributed by atoms with Crippen molar-refractivity contribution in [3.63, 3.8) is 0 Å². The zero-order chi connectivity index (χ0) is 19.3. The van der Waals surface area contributed by atoms with Gasteiger partial charge in [0.15, 0.2) is 0 Å². The van der Waals surface area contributed by atoms with Crippen LogP contribution in [0.15, 0.2) is 110 Å². The second-order valence-corrected chi connectivity index (χ2v) is 6.20. The van der Waals surface area contributed by atoms with E-state index in [1.54, 1.807) is 0 Å². The molecule has 0 aromatic heterocycles. The molecule has 2 nitrogen and oxygen atoms in total. The molecule has 0 N–H and O–H groups in total. The molecule has 2 heteroatoms. The predicted octanol–water partition coefficient (Wildman–Crippen LogP) is 7.01. The van der Waals surface area contributed by atoms with Crippen LogP contribution in [0, 0.1) is 0 Å². The van der Waals surface area contributed by atoms with Crippen LogP contribution in [-0.4, -0.2) is 0 Å². The van der Waals surface area contributed by atoms with Gasteiger partial charge in [0.25, 0.3) is 0 Å². The van der Waals surface area contributed by atoms with Crippen LogP contribution in [0.2, 0.25) is 0 Å². The average Bonchev–Trinajstić information content (AvgIpc) is 2.75. The minimum atomic E-state index is 0.707. The van der Waals surface area contributed by atoms with Crippen LogP contribution in [0.1, 0.15) is 0 Å². The minimum absolute atomic E-state index is 0.707. The summed E-state index contributed by atoms with van der Waals surface area (Å²) in [5.74, 6) is 1.41. The molecule has 0 aliphatic carbocycles. The number of hydrogen-bond donors (Lipinski definition) is 0. The summed E-state index contributed by atoms with van der Waals surface area (Å²) in [6, 6.07) is 24.4. The van der Waals surface area contributed by atoms with Crippen LogP contribution in [0.5, 0.6) is 11.5 Å². The van der Waals surface area contributed by atoms with Crippen molar-refractivity contribution in [2.75, 3.05) is 0 Å². The number of benzene rings is 4. The monoisotopic (exact) mass is 362 g/mol. The molecule has 0 amide bonds. The van der Waals surface area contributed by atoms with Crippen molar-refractivity contribution in [3.8, 4) is 22.6 Å². The molecule has 0 aliphatic rings. The molecule has 0 spiro atoms. The van der Waals surface area contributed by atoms with Gasteiger partial charge in [-0.15, -0.1) is 0 Å². The number of ether oxygens (including phenoxy) is 2. The molecule has 0 saturated heterocycles. The molecule has 4 aromatic rings. The molecule has 0 heterocycles. The first-order chi connectivity index (χ1) is 13.8. The van der Waals surface area contributed by atoms with E-state index in [1.165, 1.54) is 12.5 Å². The van der Waals surface area contributed by atoms with Crippen LogP contribution in [0.3, 0.4) is 0 Å². The van der Waals surface area contributed by atoms with Crippen LogP contribution in [-0.2, 0) is 0 Å². The van der Waals surface area contributed by atoms with Crippen molar-refractivity contribution in [3.05, 3.63) is 110 Å². The van der Waals surface area contributed by atoms with E-state index >= 15 is 0 Å². The van der Waals surface area contributed by atoms with Gasteiger partial charge in [-0.25, -0.2) is 0 Å². The topological polar surface area (TPSA) is 18.5 Å². The van der Waals surface area contributed by atoms with Gasteiger partial charge in [-0.2, -0.15) is 0 Å². The van der Waals surface area contributed by atoms with E-state index in [4.69, 9.17) is 9.47 Å². The molecule has 0 fully saturated rings. The first-order valence-corrected chi connectivity index (χ1v) is 8.89. The van der Waals surface area contributed by atoms with Gasteiger partial charge in [0.1, 0.15) is 24.0 Å². The Morgan fingerprint density at radius 2 is 1.00 bits per heavy atom. The quantitative estimate of drug-likeness (QED) is 0.281. The maximum Gasteiger partial charge on any atom is 0.136 e. The lowest BCUT2D eigenvalue weighted by Gasteiger charge is -2.17. The van der Waals surface area contributed by atoms with Gasteiger partial charge in [-0.3, -0.25) is 0 Å². The Morgan fingerprint density at radius 1 is 0.571 bits per heavy atom. The largest absolute Gasteiger partial charge is 0.456 e. The number of hydrogen-bond acceptors (Lipinski definition) is 2. The summed E-state index contributed by atoms with van der Waals surface area (Å²) in [5, 5.41) is 4.37. The molecule has 0 unspecified atom stereocenters. The number of fused-ring (bicyclic) bond motifs is 2. The van der Waals surface area contributed by atoms with Crippen molar-refractivity contribution in [1.82, 2.24) is 0 Å². The van der Waals surface area contributed by atoms with Gasteiger partial charge in [0.05, 0.1) is 0 Å². The third-order valence-corrected chi connectivity index (χ3v) is 4.57. The first kappa shape index (κ1) is 17.5. The molecule has 0 atom stereocenters. The highest BCUT2D eigenvalue weighted by Crippen LogP contribution is 2.45. The van der Waals surface area contributed by atoms with Crippen LogP contribution >= 0.6 is 0 Å². The summed E-state index contributed by atoms with van der Waals surface area (Å²) >= 11 is 0. The van der Waals surface area contributed by atoms with E-state index in [9.17, 15) is 0 Å². The second-order valence-electron chi connectivity index (χ2n) is 6.20. The summed E-state index contributed by atoms with van der Waals surface area (Å²) in [5.41, 5.74) is 7.26. The Hall–Kier alpha value is -3.96. The smallest absolute Gasteiger partial charge is 0.136 e. The van der Waals surface area contributed by atoms with E-state index in [0.717, 1.165) is 32.7 Å². The summed E-state index contributed by atoms with van der Waals surface area (Å²) in [7, 11) is 0. The van der Waals surface area contributed by atoms with Gasteiger partial charge in [0, 0.05) is 11.1 Å². The molecule has 28 heavy (non-hydrogen) atoms. The van der Waals surface area contributed by atoms with Crippen LogP contribution in [0.4, 0.5) is 0 Å². The molecule has 0 saturated carbocycles. The second kappa shape index (κ2) is 7.73. The first-order valence-electron chi connectivity index (χ1n) is 8.89. The third-order valence-electron chi connectivity index (χ3n) is 4.57. The molecular formula is C26H18O2. The molecule has 0 bridgehead atoms. The highest BCUT2D eigenvalue weighted by atomic mass is 16.5. The Labute approximate surface area is 164 Å². The Bertz CT molecular complexity index is 1170. The maximum absolute atomic E-state index is 5.86. The summed E-state index contributed by atoms with van der Waals surface area (Å²) < 4.78 is 11.7. The molecule has 0 aliphatic heterocycles. The van der Waals surface area contributed by atoms with E-state index in [2.05, 4.69) is 48.9 Å². The van der Waals surface area contributed by atoms with E-state index < -0.39 is 0 Å². The standard InChI is InChI=1S/C26H18O2/c1-3-17-27-23-15-13-19-9-5-7-11-21(19)25(23)26-22-12-8-6-10-20(22)14-16-24(26)28-18-4-2/h5-18H,1-2H2. The van der Waals surface area contributed by atoms with Crippen molar-refractivity contribution < 1.29 is 9.47 Å². The normalized spacial score (nSPS) is 10.1. The predicted molar refractivity (Wildman–Crippen MR) is 116 cm³/mol. The third kappa shape index (κ3) is 3.11. The van der Waals surface area contributed by atoms with Gasteiger partial charge >= 0.3 is 0 Å². The number of rotatable bonds is 5. The van der Waals surface area contributed by atoms with Gasteiger partial charge in [-0.1, -0.05) is 85.3 Å². The summed E-state index contributed by atoms with van der Waals surface area (Å²) in [6.07, 6.45) is 2.92. The van der Waals surface area contributed by atoms with Gasteiger partial charge < -0.3 is 9.47 Å². The van der Waals surface area contributed by atoms with Crippen molar-refractivity contribution in [2.45, 2.75) is 0 Å². The lowest BCUT2D eigenvalue weighted by Crippen LogP contribution is -1.94. The fourth-order valence-corrected chi connectivity index (χ4v) is 3.43. The molecule has 4 aromatic carbocycles. The van der Waals surface area contributed by atoms with Crippen molar-refractivity contribution in [2.24, 2.45) is 0 Å². The van der Waals surface area contributed by atoms with E-state index in [0.29, 0.717) is 11.5 Å². The van der Waals surface area contributed by atoms with Gasteiger partial charge in [-0.05, 0) is 33.7 Å². The van der Waals surface area contributed by atoms with E-state index in [1.807, 2.05) is 48.5 Å². The highest BCUT2D eigenvalue weighted by Gasteiger charge is 2.18. The Kier molecular flexibility index (Phi) is 4.82. The maximum atomic E-state index is 5.86. The molecule has 134 valence electrons. The Morgan fingerprint density at radius 3 is 1.43 bits per heavy atom. The Balaban J connectivity index is 2.15. The lowest BCUT2D eigenvalue weighted by molar-refractivity contribution is 0.478. The van der Waals surface area contributed by atoms with E-state index in [-0.39, 0.29) is 0 Å². The van der Waals surface area contributed by atoms with Crippen molar-refractivity contribution >= 4 is 21.5 Å². The fraction of sp³-hybridized carbons (Fsp3) is 0. The zero-order valence-electron chi connectivity index (χ0n) is 15.3. The highest BCUT2D eigenvalue weighted by molar-refractivity contribution is 6.09. The average molecular weight is 362 g/mol. The minimum Gasteiger partial charge on any atom is -0.456 e. The lowest BCUT2D eigenvalue weighted by atomic mass is 9.92. The fourth-order valence-electron chi connectivity index (χ4n) is 3.43. The summed E-state index contributed by atoms with van der Waals surface area (Å²) in [6.45, 7) is 7.20. The zero-order valence-corrected chi connectivity index (χ0v) is 15.3. The van der Waals surface area contributed by atoms with Crippen LogP contribution in [0.25, 0.3) is 32.7 Å². The molecular weight excluding hydrogens is 344 g/mol. The van der Waals surface area contributed by atoms with Crippen LogP contribution < -0.4 is 9.47 Å². The van der Waals surface area contributed by atoms with Gasteiger partial charge in [0.2, 0.25) is 0 Å². The summed E-state index contributed by atoms with van der Waals surface area (Å²) in [4.78, 5) is 0.